The summed E-state index contributed by atoms with van der Waals surface area (Å²) >= 11 is 6.02. The fraction of sp³-hybridized carbons (Fsp3) is 0.273. The molecule has 0 aliphatic heterocycles. The van der Waals surface area contributed by atoms with Gasteiger partial charge in [-0.3, -0.25) is 9.48 Å². The summed E-state index contributed by atoms with van der Waals surface area (Å²) in [6, 6.07) is 11.7. The Bertz CT molecular complexity index is 972. The van der Waals surface area contributed by atoms with Gasteiger partial charge in [0.2, 0.25) is 5.91 Å². The molecule has 3 rings (SSSR count). The van der Waals surface area contributed by atoms with Gasteiger partial charge in [0, 0.05) is 41.4 Å². The van der Waals surface area contributed by atoms with Crippen LogP contribution in [0.25, 0.3) is 11.1 Å². The first-order valence-corrected chi connectivity index (χ1v) is 9.73. The fourth-order valence-electron chi connectivity index (χ4n) is 3.01. The zero-order valence-electron chi connectivity index (χ0n) is 16.4. The standard InChI is InChI=1S/C22H23ClFN3O2/c1-15(27-14-18(13-26-27)16-4-7-20(24)8-5-16)3-10-22(28)25-12-17-11-19(23)6-9-21(17)29-2/h4-9,11,13-15H,3,10,12H2,1-2H3,(H,25,28). The normalized spacial score (nSPS) is 11.9. The van der Waals surface area contributed by atoms with E-state index in [1.54, 1.807) is 43.6 Å². The van der Waals surface area contributed by atoms with Gasteiger partial charge in [0.05, 0.1) is 13.3 Å². The summed E-state index contributed by atoms with van der Waals surface area (Å²) in [5.74, 6) is 0.369. The van der Waals surface area contributed by atoms with Crippen molar-refractivity contribution in [2.75, 3.05) is 7.11 Å². The second-order valence-electron chi connectivity index (χ2n) is 6.84. The summed E-state index contributed by atoms with van der Waals surface area (Å²) in [7, 11) is 1.58. The number of carbonyl (C=O) groups excluding carboxylic acids is 1. The van der Waals surface area contributed by atoms with Crippen molar-refractivity contribution in [1.29, 1.82) is 0 Å². The molecule has 0 radical (unpaired) electrons. The molecule has 0 saturated carbocycles. The third kappa shape index (κ3) is 5.57. The van der Waals surface area contributed by atoms with Gasteiger partial charge in [-0.15, -0.1) is 0 Å². The maximum Gasteiger partial charge on any atom is 0.220 e. The zero-order chi connectivity index (χ0) is 20.8. The van der Waals surface area contributed by atoms with Crippen molar-refractivity contribution >= 4 is 17.5 Å². The van der Waals surface area contributed by atoms with Gasteiger partial charge in [-0.05, 0) is 49.2 Å². The van der Waals surface area contributed by atoms with E-state index in [2.05, 4.69) is 10.4 Å². The Labute approximate surface area is 174 Å². The van der Waals surface area contributed by atoms with Gasteiger partial charge in [-0.25, -0.2) is 4.39 Å². The molecule has 0 saturated heterocycles. The van der Waals surface area contributed by atoms with E-state index in [1.807, 2.05) is 17.8 Å². The predicted molar refractivity (Wildman–Crippen MR) is 111 cm³/mol. The number of hydrogen-bond acceptors (Lipinski definition) is 3. The molecule has 1 heterocycles. The van der Waals surface area contributed by atoms with E-state index >= 15 is 0 Å². The van der Waals surface area contributed by atoms with Crippen molar-refractivity contribution in [1.82, 2.24) is 15.1 Å². The number of carbonyl (C=O) groups is 1. The topological polar surface area (TPSA) is 56.1 Å². The van der Waals surface area contributed by atoms with Crippen LogP contribution in [-0.2, 0) is 11.3 Å². The largest absolute Gasteiger partial charge is 0.496 e. The second-order valence-corrected chi connectivity index (χ2v) is 7.27. The Morgan fingerprint density at radius 2 is 2.00 bits per heavy atom. The van der Waals surface area contributed by atoms with Crippen molar-refractivity contribution in [3.8, 4) is 16.9 Å². The summed E-state index contributed by atoms with van der Waals surface area (Å²) in [5.41, 5.74) is 2.64. The molecule has 5 nitrogen and oxygen atoms in total. The molecule has 1 unspecified atom stereocenters. The van der Waals surface area contributed by atoms with Crippen LogP contribution in [0.4, 0.5) is 4.39 Å². The van der Waals surface area contributed by atoms with Gasteiger partial charge in [0.15, 0.2) is 0 Å². The molecule has 2 aromatic carbocycles. The van der Waals surface area contributed by atoms with Gasteiger partial charge < -0.3 is 10.1 Å². The molecular formula is C22H23ClFN3O2. The molecule has 0 aliphatic carbocycles. The minimum Gasteiger partial charge on any atom is -0.496 e. The van der Waals surface area contributed by atoms with E-state index in [9.17, 15) is 9.18 Å². The first-order chi connectivity index (χ1) is 14.0. The number of hydrogen-bond donors (Lipinski definition) is 1. The molecule has 1 atom stereocenters. The van der Waals surface area contributed by atoms with Crippen molar-refractivity contribution < 1.29 is 13.9 Å². The van der Waals surface area contributed by atoms with Crippen LogP contribution in [0, 0.1) is 5.82 Å². The molecule has 0 spiro atoms. The van der Waals surface area contributed by atoms with Crippen LogP contribution in [0.15, 0.2) is 54.9 Å². The number of ether oxygens (including phenoxy) is 1. The molecule has 3 aromatic rings. The fourth-order valence-corrected chi connectivity index (χ4v) is 3.20. The first kappa shape index (κ1) is 20.9. The van der Waals surface area contributed by atoms with E-state index < -0.39 is 0 Å². The number of methoxy groups -OCH3 is 1. The van der Waals surface area contributed by atoms with E-state index in [1.165, 1.54) is 12.1 Å². The Balaban J connectivity index is 1.51. The molecule has 1 amide bonds. The maximum atomic E-state index is 13.1. The summed E-state index contributed by atoms with van der Waals surface area (Å²) in [5, 5.41) is 7.88. The van der Waals surface area contributed by atoms with Gasteiger partial charge in [0.1, 0.15) is 11.6 Å². The minimum atomic E-state index is -0.268. The lowest BCUT2D eigenvalue weighted by Crippen LogP contribution is -2.23. The molecule has 0 fully saturated rings. The van der Waals surface area contributed by atoms with Crippen molar-refractivity contribution in [3.63, 3.8) is 0 Å². The monoisotopic (exact) mass is 415 g/mol. The van der Waals surface area contributed by atoms with Crippen LogP contribution >= 0.6 is 11.6 Å². The summed E-state index contributed by atoms with van der Waals surface area (Å²) in [4.78, 5) is 12.2. The average Bonchev–Trinajstić information content (AvgIpc) is 3.21. The molecular weight excluding hydrogens is 393 g/mol. The zero-order valence-corrected chi connectivity index (χ0v) is 17.1. The van der Waals surface area contributed by atoms with Crippen LogP contribution in [0.1, 0.15) is 31.4 Å². The Morgan fingerprint density at radius 3 is 2.72 bits per heavy atom. The summed E-state index contributed by atoms with van der Waals surface area (Å²) in [6.45, 7) is 2.36. The average molecular weight is 416 g/mol. The van der Waals surface area contributed by atoms with Crippen LogP contribution in [0.5, 0.6) is 5.75 Å². The molecule has 1 N–H and O–H groups in total. The molecule has 1 aromatic heterocycles. The van der Waals surface area contributed by atoms with Crippen LogP contribution < -0.4 is 10.1 Å². The van der Waals surface area contributed by atoms with E-state index in [4.69, 9.17) is 16.3 Å². The van der Waals surface area contributed by atoms with Crippen molar-refractivity contribution in [3.05, 3.63) is 71.3 Å². The van der Waals surface area contributed by atoms with Crippen molar-refractivity contribution in [2.24, 2.45) is 0 Å². The van der Waals surface area contributed by atoms with Gasteiger partial charge in [-0.1, -0.05) is 23.7 Å². The summed E-state index contributed by atoms with van der Waals surface area (Å²) in [6.07, 6.45) is 4.67. The Morgan fingerprint density at radius 1 is 1.24 bits per heavy atom. The number of halogens is 2. The Hall–Kier alpha value is -2.86. The maximum absolute atomic E-state index is 13.1. The number of benzene rings is 2. The third-order valence-corrected chi connectivity index (χ3v) is 4.97. The number of amides is 1. The quantitative estimate of drug-likeness (QED) is 0.562. The Kier molecular flexibility index (Phi) is 6.88. The third-order valence-electron chi connectivity index (χ3n) is 4.74. The van der Waals surface area contributed by atoms with Gasteiger partial charge in [0.25, 0.3) is 0 Å². The molecule has 152 valence electrons. The van der Waals surface area contributed by atoms with Crippen LogP contribution in [-0.4, -0.2) is 22.8 Å². The highest BCUT2D eigenvalue weighted by molar-refractivity contribution is 6.30. The second kappa shape index (κ2) is 9.56. The summed E-state index contributed by atoms with van der Waals surface area (Å²) < 4.78 is 20.2. The van der Waals surface area contributed by atoms with E-state index in [-0.39, 0.29) is 17.8 Å². The van der Waals surface area contributed by atoms with Crippen LogP contribution in [0.3, 0.4) is 0 Å². The number of rotatable bonds is 8. The predicted octanol–water partition coefficient (Wildman–Crippen LogP) is 5.01. The highest BCUT2D eigenvalue weighted by Gasteiger charge is 2.12. The SMILES string of the molecule is COc1ccc(Cl)cc1CNC(=O)CCC(C)n1cc(-c2ccc(F)cc2)cn1. The number of aromatic nitrogens is 2. The van der Waals surface area contributed by atoms with Crippen molar-refractivity contribution in [2.45, 2.75) is 32.4 Å². The molecule has 7 heteroatoms. The minimum absolute atomic E-state index is 0.0511. The lowest BCUT2D eigenvalue weighted by molar-refractivity contribution is -0.121. The van der Waals surface area contributed by atoms with Gasteiger partial charge >= 0.3 is 0 Å². The highest BCUT2D eigenvalue weighted by Crippen LogP contribution is 2.23. The van der Waals surface area contributed by atoms with E-state index in [0.717, 1.165) is 16.7 Å². The number of nitrogens with zero attached hydrogens (tertiary/aromatic N) is 2. The molecule has 29 heavy (non-hydrogen) atoms. The van der Waals surface area contributed by atoms with Gasteiger partial charge in [-0.2, -0.15) is 5.10 Å². The van der Waals surface area contributed by atoms with Crippen LogP contribution in [0.2, 0.25) is 5.02 Å². The lowest BCUT2D eigenvalue weighted by atomic mass is 10.1. The molecule has 0 bridgehead atoms. The van der Waals surface area contributed by atoms with E-state index in [0.29, 0.717) is 30.2 Å². The smallest absolute Gasteiger partial charge is 0.220 e. The first-order valence-electron chi connectivity index (χ1n) is 9.35. The highest BCUT2D eigenvalue weighted by atomic mass is 35.5. The molecule has 0 aliphatic rings. The number of nitrogens with one attached hydrogen (secondary N) is 1. The lowest BCUT2D eigenvalue weighted by Gasteiger charge is -2.13.